The lowest BCUT2D eigenvalue weighted by molar-refractivity contribution is -0.141. The van der Waals surface area contributed by atoms with Crippen molar-refractivity contribution in [1.29, 1.82) is 0 Å². The number of carbonyl (C=O) groups excluding carboxylic acids is 3. The van der Waals surface area contributed by atoms with Gasteiger partial charge in [0.05, 0.1) is 17.9 Å². The Morgan fingerprint density at radius 1 is 1.13 bits per heavy atom. The van der Waals surface area contributed by atoms with E-state index < -0.39 is 29.6 Å². The van der Waals surface area contributed by atoms with Crippen LogP contribution in [0.1, 0.15) is 64.5 Å². The van der Waals surface area contributed by atoms with E-state index in [9.17, 15) is 14.4 Å². The molecule has 7 heteroatoms. The molecule has 3 amide bonds. The smallest absolute Gasteiger partial charge is 0.246 e. The highest BCUT2D eigenvalue weighted by molar-refractivity contribution is 6.02. The van der Waals surface area contributed by atoms with Gasteiger partial charge in [0, 0.05) is 18.3 Å². The predicted octanol–water partition coefficient (Wildman–Crippen LogP) is 4.38. The summed E-state index contributed by atoms with van der Waals surface area (Å²) >= 11 is 0. The standard InChI is InChI=1S/C31H43N3O4/c1-17(2)13-15-34-27(29(36)33-23-9-7-8-19(4)21(23)6)31-14-12-24(38-31)25(26(31)30(34)37)28(35)32-22-11-10-18(3)20(5)16-22/h10-12,14,16-17,19,21,23-27H,7-9,13,15H2,1-6H3,(H,32,35)(H,33,36)/t19?,21?,23?,24-,25?,26-,27?,31?/m1/s1. The summed E-state index contributed by atoms with van der Waals surface area (Å²) in [4.78, 5) is 43.4. The molecule has 0 radical (unpaired) electrons. The number of nitrogens with zero attached hydrogens (tertiary/aromatic N) is 1. The summed E-state index contributed by atoms with van der Waals surface area (Å²) in [7, 11) is 0. The minimum absolute atomic E-state index is 0.0789. The van der Waals surface area contributed by atoms with Gasteiger partial charge in [0.15, 0.2) is 0 Å². The van der Waals surface area contributed by atoms with Gasteiger partial charge in [-0.25, -0.2) is 0 Å². The second-order valence-corrected chi connectivity index (χ2v) is 12.6. The Kier molecular flexibility index (Phi) is 7.18. The highest BCUT2D eigenvalue weighted by Gasteiger charge is 2.72. The predicted molar refractivity (Wildman–Crippen MR) is 147 cm³/mol. The molecule has 1 aromatic rings. The van der Waals surface area contributed by atoms with Crippen LogP contribution in [0.15, 0.2) is 30.4 Å². The molecule has 5 rings (SSSR count). The largest absolute Gasteiger partial charge is 0.359 e. The number of fused-ring (bicyclic) bond motifs is 1. The van der Waals surface area contributed by atoms with Crippen molar-refractivity contribution in [3.63, 3.8) is 0 Å². The SMILES string of the molecule is Cc1ccc(NC(=O)C2[C@H]3C=CC4(O3)C(C(=O)NC3CCCC(C)C3C)N(CCC(C)C)C(=O)[C@@H]24)cc1C. The van der Waals surface area contributed by atoms with Crippen LogP contribution in [0, 0.1) is 43.4 Å². The summed E-state index contributed by atoms with van der Waals surface area (Å²) in [6.45, 7) is 13.2. The molecule has 2 bridgehead atoms. The summed E-state index contributed by atoms with van der Waals surface area (Å²) < 4.78 is 6.48. The van der Waals surface area contributed by atoms with Crippen molar-refractivity contribution in [3.8, 4) is 0 Å². The summed E-state index contributed by atoms with van der Waals surface area (Å²) in [6.07, 6.45) is 7.24. The van der Waals surface area contributed by atoms with E-state index in [0.29, 0.717) is 30.0 Å². The van der Waals surface area contributed by atoms with Gasteiger partial charge in [-0.05, 0) is 67.7 Å². The highest BCUT2D eigenvalue weighted by Crippen LogP contribution is 2.55. The minimum atomic E-state index is -1.11. The normalized spacial score (nSPS) is 35.6. The number of ether oxygens (including phenoxy) is 1. The molecule has 206 valence electrons. The number of hydrogen-bond acceptors (Lipinski definition) is 4. The van der Waals surface area contributed by atoms with Crippen molar-refractivity contribution in [3.05, 3.63) is 41.5 Å². The van der Waals surface area contributed by atoms with Crippen LogP contribution in [0.5, 0.6) is 0 Å². The molecular formula is C31H43N3O4. The van der Waals surface area contributed by atoms with Crippen LogP contribution in [0.3, 0.4) is 0 Å². The molecule has 2 N–H and O–H groups in total. The van der Waals surface area contributed by atoms with Gasteiger partial charge in [0.25, 0.3) is 0 Å². The molecule has 3 heterocycles. The number of aryl methyl sites for hydroxylation is 2. The zero-order valence-corrected chi connectivity index (χ0v) is 23.6. The second-order valence-electron chi connectivity index (χ2n) is 12.6. The third-order valence-electron chi connectivity index (χ3n) is 9.68. The minimum Gasteiger partial charge on any atom is -0.359 e. The number of amides is 3. The molecule has 0 aromatic heterocycles. The van der Waals surface area contributed by atoms with Gasteiger partial charge in [0.2, 0.25) is 17.7 Å². The van der Waals surface area contributed by atoms with Crippen molar-refractivity contribution in [2.45, 2.75) is 91.0 Å². The summed E-state index contributed by atoms with van der Waals surface area (Å²) in [6, 6.07) is 5.11. The van der Waals surface area contributed by atoms with Gasteiger partial charge in [-0.15, -0.1) is 0 Å². The maximum Gasteiger partial charge on any atom is 0.246 e. The first kappa shape index (κ1) is 26.9. The topological polar surface area (TPSA) is 87.7 Å². The van der Waals surface area contributed by atoms with E-state index in [1.807, 2.05) is 44.2 Å². The molecule has 1 aliphatic carbocycles. The van der Waals surface area contributed by atoms with Crippen LogP contribution in [0.2, 0.25) is 0 Å². The van der Waals surface area contributed by atoms with Crippen molar-refractivity contribution in [2.24, 2.45) is 29.6 Å². The zero-order chi connectivity index (χ0) is 27.4. The molecule has 2 saturated heterocycles. The average Bonchev–Trinajstić information content (AvgIpc) is 3.50. The lowest BCUT2D eigenvalue weighted by Crippen LogP contribution is -2.58. The fourth-order valence-electron chi connectivity index (χ4n) is 7.00. The van der Waals surface area contributed by atoms with E-state index in [2.05, 4.69) is 38.3 Å². The van der Waals surface area contributed by atoms with Crippen molar-refractivity contribution in [1.82, 2.24) is 10.2 Å². The van der Waals surface area contributed by atoms with Gasteiger partial charge in [-0.2, -0.15) is 0 Å². The number of hydrogen-bond donors (Lipinski definition) is 2. The zero-order valence-electron chi connectivity index (χ0n) is 23.6. The molecule has 4 aliphatic rings. The number of carbonyl (C=O) groups is 3. The van der Waals surface area contributed by atoms with E-state index in [-0.39, 0.29) is 23.8 Å². The Balaban J connectivity index is 1.43. The fraction of sp³-hybridized carbons (Fsp3) is 0.645. The molecule has 38 heavy (non-hydrogen) atoms. The van der Waals surface area contributed by atoms with Gasteiger partial charge < -0.3 is 20.3 Å². The third kappa shape index (κ3) is 4.47. The number of likely N-dealkylation sites (tertiary alicyclic amines) is 1. The molecular weight excluding hydrogens is 478 g/mol. The molecule has 7 nitrogen and oxygen atoms in total. The third-order valence-corrected chi connectivity index (χ3v) is 9.68. The Morgan fingerprint density at radius 2 is 1.89 bits per heavy atom. The molecule has 3 fully saturated rings. The van der Waals surface area contributed by atoms with Crippen LogP contribution >= 0.6 is 0 Å². The molecule has 1 saturated carbocycles. The van der Waals surface area contributed by atoms with Gasteiger partial charge in [0.1, 0.15) is 11.6 Å². The van der Waals surface area contributed by atoms with Crippen LogP contribution in [0.25, 0.3) is 0 Å². The van der Waals surface area contributed by atoms with Gasteiger partial charge >= 0.3 is 0 Å². The first-order valence-electron chi connectivity index (χ1n) is 14.4. The van der Waals surface area contributed by atoms with E-state index in [4.69, 9.17) is 4.74 Å². The Labute approximate surface area is 226 Å². The Hall–Kier alpha value is -2.67. The molecule has 8 atom stereocenters. The molecule has 1 spiro atoms. The summed E-state index contributed by atoms with van der Waals surface area (Å²) in [5, 5.41) is 6.35. The first-order valence-corrected chi connectivity index (χ1v) is 14.4. The van der Waals surface area contributed by atoms with Crippen LogP contribution in [-0.2, 0) is 19.1 Å². The number of rotatable bonds is 7. The van der Waals surface area contributed by atoms with Crippen LogP contribution in [0.4, 0.5) is 5.69 Å². The van der Waals surface area contributed by atoms with E-state index in [0.717, 1.165) is 30.4 Å². The first-order chi connectivity index (χ1) is 18.0. The van der Waals surface area contributed by atoms with Crippen molar-refractivity contribution < 1.29 is 19.1 Å². The van der Waals surface area contributed by atoms with E-state index >= 15 is 0 Å². The Bertz CT molecular complexity index is 1150. The molecule has 6 unspecified atom stereocenters. The second kappa shape index (κ2) is 10.1. The maximum absolute atomic E-state index is 14.0. The van der Waals surface area contributed by atoms with E-state index in [1.54, 1.807) is 4.90 Å². The number of anilines is 1. The van der Waals surface area contributed by atoms with E-state index in [1.165, 1.54) is 6.42 Å². The fourth-order valence-corrected chi connectivity index (χ4v) is 7.00. The quantitative estimate of drug-likeness (QED) is 0.522. The van der Waals surface area contributed by atoms with Crippen LogP contribution < -0.4 is 10.6 Å². The monoisotopic (exact) mass is 521 g/mol. The maximum atomic E-state index is 14.0. The lowest BCUT2D eigenvalue weighted by atomic mass is 9.73. The summed E-state index contributed by atoms with van der Waals surface area (Å²) in [5.41, 5.74) is 1.83. The number of nitrogens with one attached hydrogen (secondary N) is 2. The molecule has 1 aromatic carbocycles. The number of benzene rings is 1. The highest BCUT2D eigenvalue weighted by atomic mass is 16.5. The summed E-state index contributed by atoms with van der Waals surface area (Å²) in [5.74, 6) is -0.646. The van der Waals surface area contributed by atoms with Crippen LogP contribution in [-0.4, -0.2) is 53.0 Å². The molecule has 3 aliphatic heterocycles. The van der Waals surface area contributed by atoms with Gasteiger partial charge in [-0.1, -0.05) is 58.8 Å². The van der Waals surface area contributed by atoms with Crippen molar-refractivity contribution >= 4 is 23.4 Å². The lowest BCUT2D eigenvalue weighted by Gasteiger charge is -2.38. The van der Waals surface area contributed by atoms with Gasteiger partial charge in [-0.3, -0.25) is 14.4 Å². The average molecular weight is 522 g/mol. The Morgan fingerprint density at radius 3 is 2.61 bits per heavy atom. The van der Waals surface area contributed by atoms with Crippen molar-refractivity contribution in [2.75, 3.05) is 11.9 Å².